The van der Waals surface area contributed by atoms with E-state index >= 15 is 0 Å². The van der Waals surface area contributed by atoms with Crippen LogP contribution in [0.2, 0.25) is 0 Å². The molecule has 88 valence electrons. The van der Waals surface area contributed by atoms with Gasteiger partial charge in [-0.05, 0) is 37.8 Å². The van der Waals surface area contributed by atoms with Gasteiger partial charge in [-0.1, -0.05) is 0 Å². The summed E-state index contributed by atoms with van der Waals surface area (Å²) in [5, 5.41) is 0. The molecule has 3 rings (SSSR count). The van der Waals surface area contributed by atoms with Crippen LogP contribution in [-0.2, 0) is 19.1 Å². The number of hydrogen-bond donors (Lipinski definition) is 0. The molecule has 0 heterocycles. The lowest BCUT2D eigenvalue weighted by Crippen LogP contribution is -2.49. The van der Waals surface area contributed by atoms with Crippen LogP contribution in [0.1, 0.15) is 39.5 Å². The standard InChI is InChI=1S/C12H16O4/c1-9(13)15-11-3-6-12(7-4-11,8-5-11)16-10(2)14/h3,6H,4-5,7-8H2,1-2H3. The van der Waals surface area contributed by atoms with Crippen molar-refractivity contribution in [1.29, 1.82) is 0 Å². The van der Waals surface area contributed by atoms with Crippen molar-refractivity contribution in [1.82, 2.24) is 0 Å². The van der Waals surface area contributed by atoms with Crippen LogP contribution in [-0.4, -0.2) is 23.1 Å². The largest absolute Gasteiger partial charge is 0.455 e. The molecule has 0 N–H and O–H groups in total. The zero-order chi connectivity index (χ0) is 11.8. The molecule has 4 heteroatoms. The van der Waals surface area contributed by atoms with E-state index in [1.165, 1.54) is 13.8 Å². The normalized spacial score (nSPS) is 35.9. The van der Waals surface area contributed by atoms with Gasteiger partial charge in [0.25, 0.3) is 0 Å². The van der Waals surface area contributed by atoms with E-state index in [0.29, 0.717) is 0 Å². The Morgan fingerprint density at radius 3 is 1.38 bits per heavy atom. The fourth-order valence-corrected chi connectivity index (χ4v) is 2.58. The smallest absolute Gasteiger partial charge is 0.303 e. The maximum atomic E-state index is 11.0. The predicted molar refractivity (Wildman–Crippen MR) is 56.6 cm³/mol. The first kappa shape index (κ1) is 11.2. The highest BCUT2D eigenvalue weighted by Gasteiger charge is 2.48. The molecular weight excluding hydrogens is 208 g/mol. The zero-order valence-corrected chi connectivity index (χ0v) is 9.62. The Balaban J connectivity index is 2.14. The number of hydrogen-bond acceptors (Lipinski definition) is 4. The second-order valence-corrected chi connectivity index (χ2v) is 4.65. The van der Waals surface area contributed by atoms with Crippen LogP contribution in [0.3, 0.4) is 0 Å². The van der Waals surface area contributed by atoms with E-state index in [0.717, 1.165) is 25.7 Å². The van der Waals surface area contributed by atoms with E-state index in [2.05, 4.69) is 0 Å². The molecule has 0 aromatic heterocycles. The Labute approximate surface area is 94.6 Å². The van der Waals surface area contributed by atoms with Gasteiger partial charge in [0, 0.05) is 13.8 Å². The lowest BCUT2D eigenvalue weighted by molar-refractivity contribution is -0.172. The topological polar surface area (TPSA) is 52.6 Å². The van der Waals surface area contributed by atoms with Gasteiger partial charge in [-0.3, -0.25) is 9.59 Å². The number of carbonyl (C=O) groups is 2. The molecule has 2 bridgehead atoms. The van der Waals surface area contributed by atoms with Gasteiger partial charge >= 0.3 is 11.9 Å². The summed E-state index contributed by atoms with van der Waals surface area (Å²) in [6.45, 7) is 2.84. The van der Waals surface area contributed by atoms with Gasteiger partial charge in [0.1, 0.15) is 11.2 Å². The average Bonchev–Trinajstić information content (AvgIpc) is 2.18. The summed E-state index contributed by atoms with van der Waals surface area (Å²) in [6, 6.07) is 0. The summed E-state index contributed by atoms with van der Waals surface area (Å²) >= 11 is 0. The Morgan fingerprint density at radius 1 is 0.875 bits per heavy atom. The molecule has 1 saturated carbocycles. The minimum Gasteiger partial charge on any atom is -0.455 e. The maximum absolute atomic E-state index is 11.0. The number of fused-ring (bicyclic) bond motifs is 2. The highest BCUT2D eigenvalue weighted by Crippen LogP contribution is 2.46. The van der Waals surface area contributed by atoms with Crippen LogP contribution in [0.4, 0.5) is 0 Å². The van der Waals surface area contributed by atoms with Gasteiger partial charge in [-0.15, -0.1) is 0 Å². The molecule has 0 amide bonds. The van der Waals surface area contributed by atoms with E-state index in [1.807, 2.05) is 12.2 Å². The van der Waals surface area contributed by atoms with Gasteiger partial charge in [0.05, 0.1) is 0 Å². The SMILES string of the molecule is CC(=O)OC12C=CC(OC(C)=O)(CC1)CC2. The summed E-state index contributed by atoms with van der Waals surface area (Å²) < 4.78 is 10.7. The third-order valence-corrected chi connectivity index (χ3v) is 3.33. The van der Waals surface area contributed by atoms with Crippen molar-refractivity contribution >= 4 is 11.9 Å². The van der Waals surface area contributed by atoms with Gasteiger partial charge in [-0.2, -0.15) is 0 Å². The first-order valence-electron chi connectivity index (χ1n) is 5.55. The molecule has 0 saturated heterocycles. The number of esters is 2. The first-order chi connectivity index (χ1) is 7.45. The second kappa shape index (κ2) is 3.61. The van der Waals surface area contributed by atoms with Gasteiger partial charge < -0.3 is 9.47 Å². The second-order valence-electron chi connectivity index (χ2n) is 4.65. The Kier molecular flexibility index (Phi) is 2.52. The van der Waals surface area contributed by atoms with Crippen LogP contribution >= 0.6 is 0 Å². The predicted octanol–water partition coefficient (Wildman–Crippen LogP) is 1.73. The summed E-state index contributed by atoms with van der Waals surface area (Å²) in [7, 11) is 0. The van der Waals surface area contributed by atoms with E-state index in [4.69, 9.17) is 9.47 Å². The number of carbonyl (C=O) groups excluding carboxylic acids is 2. The molecular formula is C12H16O4. The van der Waals surface area contributed by atoms with Gasteiger partial charge in [0.2, 0.25) is 0 Å². The van der Waals surface area contributed by atoms with Crippen molar-refractivity contribution in [2.24, 2.45) is 0 Å². The first-order valence-corrected chi connectivity index (χ1v) is 5.55. The molecule has 16 heavy (non-hydrogen) atoms. The number of rotatable bonds is 2. The lowest BCUT2D eigenvalue weighted by atomic mass is 9.70. The molecule has 0 atom stereocenters. The van der Waals surface area contributed by atoms with E-state index in [1.54, 1.807) is 0 Å². The Morgan fingerprint density at radius 2 is 1.19 bits per heavy atom. The minimum atomic E-state index is -0.451. The van der Waals surface area contributed by atoms with E-state index in [-0.39, 0.29) is 11.9 Å². The minimum absolute atomic E-state index is 0.258. The van der Waals surface area contributed by atoms with Crippen LogP contribution in [0.15, 0.2) is 12.2 Å². The van der Waals surface area contributed by atoms with E-state index < -0.39 is 11.2 Å². The summed E-state index contributed by atoms with van der Waals surface area (Å²) in [5.74, 6) is -0.516. The summed E-state index contributed by atoms with van der Waals surface area (Å²) in [5.41, 5.74) is -0.901. The molecule has 0 aromatic carbocycles. The van der Waals surface area contributed by atoms with Crippen LogP contribution in [0.5, 0.6) is 0 Å². The monoisotopic (exact) mass is 224 g/mol. The quantitative estimate of drug-likeness (QED) is 0.529. The Bertz CT molecular complexity index is 314. The zero-order valence-electron chi connectivity index (χ0n) is 9.62. The molecule has 3 aliphatic carbocycles. The maximum Gasteiger partial charge on any atom is 0.303 e. The lowest BCUT2D eigenvalue weighted by Gasteiger charge is -2.47. The summed E-state index contributed by atoms with van der Waals surface area (Å²) in [4.78, 5) is 22.0. The van der Waals surface area contributed by atoms with E-state index in [9.17, 15) is 9.59 Å². The van der Waals surface area contributed by atoms with Crippen molar-refractivity contribution in [3.8, 4) is 0 Å². The average molecular weight is 224 g/mol. The fourth-order valence-electron chi connectivity index (χ4n) is 2.58. The Hall–Kier alpha value is -1.32. The van der Waals surface area contributed by atoms with Crippen LogP contribution in [0, 0.1) is 0 Å². The molecule has 3 aliphatic rings. The molecule has 0 spiro atoms. The molecule has 0 radical (unpaired) electrons. The fraction of sp³-hybridized carbons (Fsp3) is 0.667. The molecule has 4 nitrogen and oxygen atoms in total. The van der Waals surface area contributed by atoms with Crippen LogP contribution < -0.4 is 0 Å². The number of ether oxygens (including phenoxy) is 2. The van der Waals surface area contributed by atoms with Crippen molar-refractivity contribution in [3.63, 3.8) is 0 Å². The summed E-state index contributed by atoms with van der Waals surface area (Å²) in [6.07, 6.45) is 6.69. The van der Waals surface area contributed by atoms with Crippen LogP contribution in [0.25, 0.3) is 0 Å². The highest BCUT2D eigenvalue weighted by atomic mass is 16.6. The van der Waals surface area contributed by atoms with Gasteiger partial charge in [0.15, 0.2) is 0 Å². The van der Waals surface area contributed by atoms with Crippen molar-refractivity contribution < 1.29 is 19.1 Å². The molecule has 0 aromatic rings. The molecule has 0 aliphatic heterocycles. The third-order valence-electron chi connectivity index (χ3n) is 3.33. The van der Waals surface area contributed by atoms with Crippen molar-refractivity contribution in [3.05, 3.63) is 12.2 Å². The van der Waals surface area contributed by atoms with Crippen molar-refractivity contribution in [2.45, 2.75) is 50.7 Å². The molecule has 0 unspecified atom stereocenters. The van der Waals surface area contributed by atoms with Crippen molar-refractivity contribution in [2.75, 3.05) is 0 Å². The molecule has 1 fully saturated rings. The third kappa shape index (κ3) is 1.96. The van der Waals surface area contributed by atoms with Gasteiger partial charge in [-0.25, -0.2) is 0 Å². The highest BCUT2D eigenvalue weighted by molar-refractivity contribution is 5.68.